The normalized spacial score (nSPS) is 11.5. The molecule has 16 heavy (non-hydrogen) atoms. The monoisotopic (exact) mass is 224 g/mol. The van der Waals surface area contributed by atoms with Crippen molar-refractivity contribution < 1.29 is 14.9 Å². The van der Waals surface area contributed by atoms with Crippen molar-refractivity contribution in [3.8, 4) is 5.75 Å². The lowest BCUT2D eigenvalue weighted by atomic mass is 9.88. The molecule has 0 aliphatic rings. The Bertz CT molecular complexity index is 293. The third-order valence-electron chi connectivity index (χ3n) is 2.99. The van der Waals surface area contributed by atoms with E-state index < -0.39 is 5.41 Å². The molecule has 1 aromatic rings. The number of hydrogen-bond donors (Lipinski definition) is 2. The second-order valence-electron chi connectivity index (χ2n) is 4.27. The number of aliphatic hydroxyl groups is 2. The maximum atomic E-state index is 9.26. The van der Waals surface area contributed by atoms with Crippen molar-refractivity contribution in [1.29, 1.82) is 0 Å². The van der Waals surface area contributed by atoms with Gasteiger partial charge in [-0.05, 0) is 25.5 Å². The first-order valence-corrected chi connectivity index (χ1v) is 5.57. The van der Waals surface area contributed by atoms with Crippen molar-refractivity contribution in [3.63, 3.8) is 0 Å². The summed E-state index contributed by atoms with van der Waals surface area (Å²) in [6, 6.07) is 7.73. The minimum atomic E-state index is -0.537. The molecule has 0 aromatic heterocycles. The SMILES string of the molecule is CCC(CO)(CO)COc1ccc(C)cc1. The molecule has 3 nitrogen and oxygen atoms in total. The van der Waals surface area contributed by atoms with Gasteiger partial charge in [0.05, 0.1) is 25.2 Å². The van der Waals surface area contributed by atoms with Gasteiger partial charge in [-0.15, -0.1) is 0 Å². The van der Waals surface area contributed by atoms with E-state index in [-0.39, 0.29) is 13.2 Å². The molecule has 3 heteroatoms. The van der Waals surface area contributed by atoms with Gasteiger partial charge in [0.2, 0.25) is 0 Å². The van der Waals surface area contributed by atoms with Gasteiger partial charge in [0.25, 0.3) is 0 Å². The highest BCUT2D eigenvalue weighted by molar-refractivity contribution is 5.26. The maximum Gasteiger partial charge on any atom is 0.119 e. The first-order valence-electron chi connectivity index (χ1n) is 5.57. The molecule has 0 radical (unpaired) electrons. The van der Waals surface area contributed by atoms with Crippen LogP contribution in [0.25, 0.3) is 0 Å². The van der Waals surface area contributed by atoms with E-state index in [0.717, 1.165) is 5.75 Å². The van der Waals surface area contributed by atoms with E-state index in [1.807, 2.05) is 38.1 Å². The Hall–Kier alpha value is -1.06. The predicted molar refractivity (Wildman–Crippen MR) is 63.6 cm³/mol. The van der Waals surface area contributed by atoms with E-state index in [1.165, 1.54) is 5.56 Å². The van der Waals surface area contributed by atoms with Gasteiger partial charge in [-0.1, -0.05) is 24.6 Å². The maximum absolute atomic E-state index is 9.26. The van der Waals surface area contributed by atoms with E-state index in [9.17, 15) is 10.2 Å². The molecular formula is C13H20O3. The summed E-state index contributed by atoms with van der Waals surface area (Å²) in [5.74, 6) is 0.769. The van der Waals surface area contributed by atoms with Gasteiger partial charge in [-0.25, -0.2) is 0 Å². The highest BCUT2D eigenvalue weighted by Gasteiger charge is 2.27. The minimum Gasteiger partial charge on any atom is -0.493 e. The Balaban J connectivity index is 2.58. The average molecular weight is 224 g/mol. The van der Waals surface area contributed by atoms with Crippen LogP contribution >= 0.6 is 0 Å². The fourth-order valence-corrected chi connectivity index (χ4v) is 1.34. The van der Waals surface area contributed by atoms with Crippen LogP contribution < -0.4 is 4.74 Å². The third-order valence-corrected chi connectivity index (χ3v) is 2.99. The van der Waals surface area contributed by atoms with E-state index >= 15 is 0 Å². The second-order valence-corrected chi connectivity index (χ2v) is 4.27. The Morgan fingerprint density at radius 2 is 1.69 bits per heavy atom. The van der Waals surface area contributed by atoms with Gasteiger partial charge in [0.1, 0.15) is 5.75 Å². The van der Waals surface area contributed by atoms with Gasteiger partial charge in [-0.3, -0.25) is 0 Å². The largest absolute Gasteiger partial charge is 0.493 e. The Kier molecular flexibility index (Phi) is 4.77. The quantitative estimate of drug-likeness (QED) is 0.774. The van der Waals surface area contributed by atoms with Crippen LogP contribution in [0.15, 0.2) is 24.3 Å². The zero-order chi connectivity index (χ0) is 12.0. The van der Waals surface area contributed by atoms with Crippen molar-refractivity contribution >= 4 is 0 Å². The smallest absolute Gasteiger partial charge is 0.119 e. The fourth-order valence-electron chi connectivity index (χ4n) is 1.34. The molecule has 0 bridgehead atoms. The molecular weight excluding hydrogens is 204 g/mol. The van der Waals surface area contributed by atoms with Crippen molar-refractivity contribution in [2.24, 2.45) is 5.41 Å². The van der Waals surface area contributed by atoms with Crippen LogP contribution in [0.2, 0.25) is 0 Å². The highest BCUT2D eigenvalue weighted by Crippen LogP contribution is 2.22. The Labute approximate surface area is 96.7 Å². The van der Waals surface area contributed by atoms with Crippen LogP contribution in [0.3, 0.4) is 0 Å². The molecule has 0 fully saturated rings. The summed E-state index contributed by atoms with van der Waals surface area (Å²) in [5.41, 5.74) is 0.642. The molecule has 0 spiro atoms. The van der Waals surface area contributed by atoms with E-state index in [1.54, 1.807) is 0 Å². The first-order chi connectivity index (χ1) is 7.65. The van der Waals surface area contributed by atoms with Crippen molar-refractivity contribution in [1.82, 2.24) is 0 Å². The van der Waals surface area contributed by atoms with Crippen LogP contribution in [-0.2, 0) is 0 Å². The molecule has 0 atom stereocenters. The summed E-state index contributed by atoms with van der Waals surface area (Å²) in [6.07, 6.45) is 0.686. The molecule has 0 unspecified atom stereocenters. The molecule has 2 N–H and O–H groups in total. The van der Waals surface area contributed by atoms with Gasteiger partial charge in [-0.2, -0.15) is 0 Å². The molecule has 0 aliphatic heterocycles. The molecule has 90 valence electrons. The van der Waals surface area contributed by atoms with Gasteiger partial charge >= 0.3 is 0 Å². The minimum absolute atomic E-state index is 0.0636. The summed E-state index contributed by atoms with van der Waals surface area (Å²) in [4.78, 5) is 0. The second kappa shape index (κ2) is 5.87. The summed E-state index contributed by atoms with van der Waals surface area (Å²) < 4.78 is 5.58. The molecule has 0 aliphatic carbocycles. The predicted octanol–water partition coefficient (Wildman–Crippen LogP) is 1.75. The molecule has 1 rings (SSSR count). The number of aryl methyl sites for hydroxylation is 1. The molecule has 0 heterocycles. The van der Waals surface area contributed by atoms with Crippen LogP contribution in [0.4, 0.5) is 0 Å². The summed E-state index contributed by atoms with van der Waals surface area (Å²) >= 11 is 0. The van der Waals surface area contributed by atoms with E-state index in [0.29, 0.717) is 13.0 Å². The topological polar surface area (TPSA) is 49.7 Å². The van der Waals surface area contributed by atoms with Crippen LogP contribution in [0, 0.1) is 12.3 Å². The van der Waals surface area contributed by atoms with Gasteiger partial charge < -0.3 is 14.9 Å². The Morgan fingerprint density at radius 3 is 2.12 bits per heavy atom. The average Bonchev–Trinajstić information content (AvgIpc) is 2.34. The van der Waals surface area contributed by atoms with E-state index in [4.69, 9.17) is 4.74 Å². The zero-order valence-electron chi connectivity index (χ0n) is 9.94. The van der Waals surface area contributed by atoms with Crippen LogP contribution in [-0.4, -0.2) is 30.0 Å². The van der Waals surface area contributed by atoms with Gasteiger partial charge in [0.15, 0.2) is 0 Å². The lowest BCUT2D eigenvalue weighted by molar-refractivity contribution is 0.0114. The van der Waals surface area contributed by atoms with Crippen LogP contribution in [0.1, 0.15) is 18.9 Å². The highest BCUT2D eigenvalue weighted by atomic mass is 16.5. The molecule has 0 saturated carbocycles. The standard InChI is InChI=1S/C13H20O3/c1-3-13(8-14,9-15)10-16-12-6-4-11(2)5-7-12/h4-7,14-15H,3,8-10H2,1-2H3. The molecule has 1 aromatic carbocycles. The summed E-state index contributed by atoms with van der Waals surface area (Å²) in [6.45, 7) is 4.16. The van der Waals surface area contributed by atoms with Crippen molar-refractivity contribution in [2.45, 2.75) is 20.3 Å². The number of hydrogen-bond acceptors (Lipinski definition) is 3. The lowest BCUT2D eigenvalue weighted by Gasteiger charge is -2.28. The molecule has 0 saturated heterocycles. The summed E-state index contributed by atoms with van der Waals surface area (Å²) in [5, 5.41) is 18.5. The Morgan fingerprint density at radius 1 is 1.12 bits per heavy atom. The van der Waals surface area contributed by atoms with E-state index in [2.05, 4.69) is 0 Å². The number of aliphatic hydroxyl groups excluding tert-OH is 2. The van der Waals surface area contributed by atoms with Crippen molar-refractivity contribution in [3.05, 3.63) is 29.8 Å². The van der Waals surface area contributed by atoms with Crippen molar-refractivity contribution in [2.75, 3.05) is 19.8 Å². The summed E-state index contributed by atoms with van der Waals surface area (Å²) in [7, 11) is 0. The lowest BCUT2D eigenvalue weighted by Crippen LogP contribution is -2.35. The molecule has 0 amide bonds. The number of rotatable bonds is 6. The van der Waals surface area contributed by atoms with Gasteiger partial charge in [0, 0.05) is 0 Å². The fraction of sp³-hybridized carbons (Fsp3) is 0.538. The third kappa shape index (κ3) is 3.22. The van der Waals surface area contributed by atoms with Crippen LogP contribution in [0.5, 0.6) is 5.75 Å². The number of ether oxygens (including phenoxy) is 1. The zero-order valence-corrected chi connectivity index (χ0v) is 9.94. The number of benzene rings is 1. The first kappa shape index (κ1) is 13.0.